The molecule has 0 unspecified atom stereocenters. The smallest absolute Gasteiger partial charge is 0.333 e. The number of carbonyl (C=O) groups is 2. The molecule has 0 fully saturated rings. The Labute approximate surface area is 393 Å². The predicted molar refractivity (Wildman–Crippen MR) is 278 cm³/mol. The molecule has 0 saturated carbocycles. The molecule has 0 bridgehead atoms. The molecule has 4 aromatic carbocycles. The van der Waals surface area contributed by atoms with Crippen LogP contribution in [-0.2, 0) is 43.1 Å². The van der Waals surface area contributed by atoms with E-state index in [0.717, 1.165) is 64.2 Å². The van der Waals surface area contributed by atoms with E-state index in [1.807, 2.05) is 12.1 Å². The molecule has 0 atom stereocenters. The number of ether oxygens (including phenoxy) is 3. The molecule has 1 heterocycles. The molecule has 0 amide bonds. The molecule has 0 spiro atoms. The predicted octanol–water partition coefficient (Wildman–Crippen LogP) is 13.6. The van der Waals surface area contributed by atoms with Crippen LogP contribution in [0.1, 0.15) is 48.9 Å². The third-order valence-corrected chi connectivity index (χ3v) is 27.6. The van der Waals surface area contributed by atoms with Crippen LogP contribution in [0.2, 0.25) is 77.6 Å². The van der Waals surface area contributed by atoms with E-state index in [4.69, 9.17) is 37.6 Å². The zero-order valence-corrected chi connectivity index (χ0v) is 46.1. The highest BCUT2D eigenvalue weighted by atomic mass is 35.6. The average molecular weight is 976 g/mol. The number of rotatable bonds is 20. The Morgan fingerprint density at radius 2 is 1.11 bits per heavy atom. The Morgan fingerprint density at radius 1 is 0.641 bits per heavy atom. The van der Waals surface area contributed by atoms with Gasteiger partial charge in [0.25, 0.3) is 0 Å². The van der Waals surface area contributed by atoms with Gasteiger partial charge in [-0.1, -0.05) is 123 Å². The summed E-state index contributed by atoms with van der Waals surface area (Å²) in [5.41, 5.74) is 4.62. The van der Waals surface area contributed by atoms with Crippen LogP contribution in [0.25, 0.3) is 16.8 Å². The normalized spacial score (nSPS) is 13.8. The van der Waals surface area contributed by atoms with E-state index in [0.29, 0.717) is 24.4 Å². The van der Waals surface area contributed by atoms with Crippen molar-refractivity contribution in [2.24, 2.45) is 0 Å². The minimum Gasteiger partial charge on any atom is -0.472 e. The molecule has 14 heteroatoms. The van der Waals surface area contributed by atoms with Crippen LogP contribution in [0.4, 0.5) is 0 Å². The monoisotopic (exact) mass is 974 g/mol. The number of carbonyl (C=O) groups excluding carboxylic acids is 2. The molecule has 1 aliphatic rings. The molecule has 5 rings (SSSR count). The van der Waals surface area contributed by atoms with E-state index in [1.54, 1.807) is 13.8 Å². The van der Waals surface area contributed by atoms with E-state index in [1.165, 1.54) is 5.56 Å². The number of hydrogen-bond acceptors (Lipinski definition) is 8. The van der Waals surface area contributed by atoms with Crippen molar-refractivity contribution in [1.82, 2.24) is 0 Å². The molecule has 8 nitrogen and oxygen atoms in total. The summed E-state index contributed by atoms with van der Waals surface area (Å²) in [6.45, 7) is 33.0. The summed E-state index contributed by atoms with van der Waals surface area (Å²) >= 11 is 6.09. The van der Waals surface area contributed by atoms with E-state index in [-0.39, 0.29) is 11.9 Å². The lowest BCUT2D eigenvalue weighted by molar-refractivity contribution is -0.139. The van der Waals surface area contributed by atoms with Crippen molar-refractivity contribution in [3.8, 4) is 5.75 Å². The first-order valence-electron chi connectivity index (χ1n) is 22.2. The van der Waals surface area contributed by atoms with Gasteiger partial charge >= 0.3 is 29.1 Å². The second kappa shape index (κ2) is 22.2. The summed E-state index contributed by atoms with van der Waals surface area (Å²) in [6, 6.07) is 34.4. The van der Waals surface area contributed by atoms with Crippen LogP contribution in [0.15, 0.2) is 121 Å². The third kappa shape index (κ3) is 16.1. The quantitative estimate of drug-likeness (QED) is 0.0284. The van der Waals surface area contributed by atoms with E-state index in [9.17, 15) is 9.59 Å². The summed E-state index contributed by atoms with van der Waals surface area (Å²) in [6.07, 6.45) is 6.09. The standard InChI is InChI=1S/C41H54O6Si4.C9H17ClO2Si/c1-32(2)40(42)43-28-19-29-48(3,4)45-50(7,8)47-51(9,10)46-49(5,6)31-34-30-33-20-17-18-25-37(33)39-38(34)26-27-41(44-39,35-21-13-11-14-22-35)36-23-15-12-16-24-36;1-8(2)9(11)12-6-5-7-13(3,4)10/h11-18,20-27,30H,1,19,28-29,31H2,2-10H3;1,5-7H2,2-4H3. The van der Waals surface area contributed by atoms with Crippen LogP contribution in [0, 0.1) is 0 Å². The Kier molecular flexibility index (Phi) is 18.4. The molecule has 1 aliphatic heterocycles. The van der Waals surface area contributed by atoms with Crippen molar-refractivity contribution >= 4 is 81.0 Å². The van der Waals surface area contributed by atoms with E-state index < -0.39 is 46.7 Å². The van der Waals surface area contributed by atoms with Gasteiger partial charge in [-0.15, -0.1) is 0 Å². The zero-order chi connectivity index (χ0) is 47.6. The highest BCUT2D eigenvalue weighted by Gasteiger charge is 2.44. The van der Waals surface area contributed by atoms with Crippen molar-refractivity contribution in [3.63, 3.8) is 0 Å². The van der Waals surface area contributed by atoms with Gasteiger partial charge < -0.3 is 26.6 Å². The van der Waals surface area contributed by atoms with Gasteiger partial charge in [0.2, 0.25) is 0 Å². The molecule has 0 aliphatic carbocycles. The summed E-state index contributed by atoms with van der Waals surface area (Å²) < 4.78 is 38.3. The lowest BCUT2D eigenvalue weighted by atomic mass is 9.83. The number of hydrogen-bond donors (Lipinski definition) is 0. The molecular formula is C50H71ClO8Si5. The first-order chi connectivity index (χ1) is 29.7. The van der Waals surface area contributed by atoms with Gasteiger partial charge in [-0.05, 0) is 114 Å². The van der Waals surface area contributed by atoms with Gasteiger partial charge in [-0.3, -0.25) is 0 Å². The fourth-order valence-corrected chi connectivity index (χ4v) is 28.9. The molecule has 4 aromatic rings. The van der Waals surface area contributed by atoms with Crippen molar-refractivity contribution < 1.29 is 36.1 Å². The lowest BCUT2D eigenvalue weighted by Gasteiger charge is -2.41. The van der Waals surface area contributed by atoms with Crippen molar-refractivity contribution in [2.45, 2.75) is 116 Å². The molecule has 0 radical (unpaired) electrons. The fourth-order valence-electron chi connectivity index (χ4n) is 8.15. The first-order valence-corrected chi connectivity index (χ1v) is 38.3. The Bertz CT molecular complexity index is 2230. The maximum atomic E-state index is 11.8. The maximum absolute atomic E-state index is 11.8. The molecule has 346 valence electrons. The van der Waals surface area contributed by atoms with Gasteiger partial charge in [0.1, 0.15) is 5.75 Å². The van der Waals surface area contributed by atoms with Crippen molar-refractivity contribution in [3.05, 3.63) is 144 Å². The van der Waals surface area contributed by atoms with Crippen molar-refractivity contribution in [1.29, 1.82) is 0 Å². The number of halogens is 1. The van der Waals surface area contributed by atoms with E-state index >= 15 is 0 Å². The van der Waals surface area contributed by atoms with E-state index in [2.05, 4.69) is 170 Å². The highest BCUT2D eigenvalue weighted by molar-refractivity contribution is 7.19. The molecule has 0 aromatic heterocycles. The van der Waals surface area contributed by atoms with Crippen LogP contribution in [-0.4, -0.2) is 66.3 Å². The fraction of sp³-hybridized carbons (Fsp3) is 0.400. The minimum atomic E-state index is -2.60. The summed E-state index contributed by atoms with van der Waals surface area (Å²) in [4.78, 5) is 22.7. The molecule has 64 heavy (non-hydrogen) atoms. The van der Waals surface area contributed by atoms with Crippen LogP contribution < -0.4 is 4.74 Å². The maximum Gasteiger partial charge on any atom is 0.333 e. The largest absolute Gasteiger partial charge is 0.472 e. The number of fused-ring (bicyclic) bond motifs is 3. The Hall–Kier alpha value is -3.65. The summed E-state index contributed by atoms with van der Waals surface area (Å²) in [5.74, 6) is 0.249. The highest BCUT2D eigenvalue weighted by Crippen LogP contribution is 2.47. The van der Waals surface area contributed by atoms with Gasteiger partial charge in [0.05, 0.1) is 13.2 Å². The molecule has 0 N–H and O–H groups in total. The third-order valence-electron chi connectivity index (χ3n) is 10.4. The topological polar surface area (TPSA) is 89.5 Å². The second-order valence-electron chi connectivity index (χ2n) is 19.5. The summed E-state index contributed by atoms with van der Waals surface area (Å²) in [5, 5.41) is 2.25. The molecular weight excluding hydrogens is 904 g/mol. The van der Waals surface area contributed by atoms with Gasteiger partial charge in [-0.25, -0.2) is 9.59 Å². The minimum absolute atomic E-state index is 0.311. The van der Waals surface area contributed by atoms with Gasteiger partial charge in [-0.2, -0.15) is 11.1 Å². The van der Waals surface area contributed by atoms with Crippen LogP contribution in [0.3, 0.4) is 0 Å². The van der Waals surface area contributed by atoms with Crippen molar-refractivity contribution in [2.75, 3.05) is 13.2 Å². The van der Waals surface area contributed by atoms with Crippen LogP contribution >= 0.6 is 11.1 Å². The Balaban J connectivity index is 0.000000598. The first kappa shape index (κ1) is 53.0. The summed E-state index contributed by atoms with van der Waals surface area (Å²) in [7, 11) is -11.0. The SMILES string of the molecule is C=C(C)C(=O)OCCC[Si](C)(C)Cl.C=C(C)C(=O)OCCC[Si](C)(C)O[Si](C)(C)O[Si](C)(C)O[Si](C)(C)Cc1cc2ccccc2c2c1C=CC(c1ccccc1)(c1ccccc1)O2. The Morgan fingerprint density at radius 3 is 1.61 bits per heavy atom. The molecule has 0 saturated heterocycles. The van der Waals surface area contributed by atoms with Crippen LogP contribution in [0.5, 0.6) is 5.75 Å². The van der Waals surface area contributed by atoms with Gasteiger partial charge in [0, 0.05) is 33.2 Å². The second-order valence-corrected chi connectivity index (χ2v) is 42.4. The number of benzene rings is 4. The zero-order valence-electron chi connectivity index (χ0n) is 40.3. The van der Waals surface area contributed by atoms with Gasteiger partial charge in [0.15, 0.2) is 29.6 Å². The average Bonchev–Trinajstić information content (AvgIpc) is 3.19. The number of esters is 2. The lowest BCUT2D eigenvalue weighted by Crippen LogP contribution is -2.56.